The Labute approximate surface area is 165 Å². The minimum Gasteiger partial charge on any atom is -0.497 e. The third kappa shape index (κ3) is 4.05. The average Bonchev–Trinajstić information content (AvgIpc) is 3.53. The maximum absolute atomic E-state index is 12.6. The Hall–Kier alpha value is -2.37. The zero-order chi connectivity index (χ0) is 19.7. The molecule has 6 nitrogen and oxygen atoms in total. The van der Waals surface area contributed by atoms with Gasteiger partial charge in [0.2, 0.25) is 5.91 Å². The van der Waals surface area contributed by atoms with Crippen molar-refractivity contribution < 1.29 is 19.4 Å². The Balaban J connectivity index is 1.53. The van der Waals surface area contributed by atoms with E-state index in [4.69, 9.17) is 9.73 Å². The lowest BCUT2D eigenvalue weighted by Gasteiger charge is -2.39. The number of nitrogens with zero attached hydrogens (tertiary/aromatic N) is 2. The van der Waals surface area contributed by atoms with Gasteiger partial charge in [0, 0.05) is 37.7 Å². The van der Waals surface area contributed by atoms with Crippen molar-refractivity contribution in [1.82, 2.24) is 4.90 Å². The molecule has 1 amide bonds. The van der Waals surface area contributed by atoms with Gasteiger partial charge in [-0.3, -0.25) is 14.6 Å². The van der Waals surface area contributed by atoms with Crippen LogP contribution in [0.2, 0.25) is 0 Å². The van der Waals surface area contributed by atoms with Crippen molar-refractivity contribution in [3.05, 3.63) is 29.3 Å². The number of carboxylic acids is 1. The second-order valence-electron chi connectivity index (χ2n) is 8.27. The summed E-state index contributed by atoms with van der Waals surface area (Å²) < 4.78 is 5.35. The van der Waals surface area contributed by atoms with Crippen LogP contribution in [-0.2, 0) is 16.0 Å². The van der Waals surface area contributed by atoms with Gasteiger partial charge in [-0.2, -0.15) is 0 Å². The number of aliphatic imine (C=N–C) groups is 1. The number of fused-ring (bicyclic) bond motifs is 1. The van der Waals surface area contributed by atoms with E-state index in [-0.39, 0.29) is 30.1 Å². The van der Waals surface area contributed by atoms with Crippen LogP contribution in [0.15, 0.2) is 23.2 Å². The number of piperidine rings is 1. The molecular formula is C22H28N2O4. The molecule has 28 heavy (non-hydrogen) atoms. The summed E-state index contributed by atoms with van der Waals surface area (Å²) in [5.41, 5.74) is 3.43. The number of rotatable bonds is 6. The minimum absolute atomic E-state index is 0.0899. The van der Waals surface area contributed by atoms with Crippen molar-refractivity contribution in [3.8, 4) is 5.75 Å². The van der Waals surface area contributed by atoms with Crippen LogP contribution in [0.1, 0.15) is 43.2 Å². The van der Waals surface area contributed by atoms with Crippen LogP contribution in [0.3, 0.4) is 0 Å². The molecule has 1 aromatic carbocycles. The van der Waals surface area contributed by atoms with Gasteiger partial charge in [-0.15, -0.1) is 0 Å². The first-order chi connectivity index (χ1) is 13.5. The Morgan fingerprint density at radius 2 is 2.07 bits per heavy atom. The summed E-state index contributed by atoms with van der Waals surface area (Å²) in [6.07, 6.45) is 4.55. The molecule has 6 heteroatoms. The molecule has 2 unspecified atom stereocenters. The van der Waals surface area contributed by atoms with Gasteiger partial charge in [0.05, 0.1) is 7.11 Å². The Morgan fingerprint density at radius 1 is 1.25 bits per heavy atom. The van der Waals surface area contributed by atoms with Gasteiger partial charge in [0.25, 0.3) is 0 Å². The van der Waals surface area contributed by atoms with Crippen LogP contribution in [0.25, 0.3) is 0 Å². The number of benzene rings is 1. The molecule has 0 bridgehead atoms. The predicted molar refractivity (Wildman–Crippen MR) is 106 cm³/mol. The third-order valence-electron chi connectivity index (χ3n) is 6.33. The highest BCUT2D eigenvalue weighted by atomic mass is 16.5. The van der Waals surface area contributed by atoms with Crippen molar-refractivity contribution in [1.29, 1.82) is 0 Å². The van der Waals surface area contributed by atoms with Gasteiger partial charge in [0.15, 0.2) is 0 Å². The molecule has 3 aliphatic rings. The summed E-state index contributed by atoms with van der Waals surface area (Å²) in [5.74, 6) is 0.785. The molecule has 1 N–H and O–H groups in total. The SMILES string of the molecule is COc1ccc2c(c1)CCN=C2CC1CN(C(=O)C2CC2)CCC1CC(=O)O. The number of hydrogen-bond donors (Lipinski definition) is 1. The number of carbonyl (C=O) groups excluding carboxylic acids is 1. The first-order valence-electron chi connectivity index (χ1n) is 10.3. The molecule has 2 heterocycles. The summed E-state index contributed by atoms with van der Waals surface area (Å²) >= 11 is 0. The predicted octanol–water partition coefficient (Wildman–Crippen LogP) is 2.78. The molecule has 150 valence electrons. The number of carboxylic acid groups (broad SMARTS) is 1. The van der Waals surface area contributed by atoms with Crippen LogP contribution in [-0.4, -0.2) is 54.3 Å². The van der Waals surface area contributed by atoms with E-state index in [9.17, 15) is 14.7 Å². The number of hydrogen-bond acceptors (Lipinski definition) is 4. The quantitative estimate of drug-likeness (QED) is 0.818. The number of aliphatic carboxylic acids is 1. The van der Waals surface area contributed by atoms with Gasteiger partial charge in [0.1, 0.15) is 5.75 Å². The van der Waals surface area contributed by atoms with E-state index in [1.54, 1.807) is 7.11 Å². The molecule has 1 aromatic rings. The van der Waals surface area contributed by atoms with E-state index >= 15 is 0 Å². The summed E-state index contributed by atoms with van der Waals surface area (Å²) in [4.78, 5) is 30.7. The second kappa shape index (κ2) is 7.94. The number of ether oxygens (including phenoxy) is 1. The van der Waals surface area contributed by atoms with Crippen LogP contribution in [0.4, 0.5) is 0 Å². The van der Waals surface area contributed by atoms with Crippen molar-refractivity contribution in [2.45, 2.75) is 38.5 Å². The number of likely N-dealkylation sites (tertiary alicyclic amines) is 1. The fourth-order valence-electron chi connectivity index (χ4n) is 4.60. The highest BCUT2D eigenvalue weighted by Gasteiger charge is 2.39. The van der Waals surface area contributed by atoms with Crippen molar-refractivity contribution in [2.75, 3.05) is 26.7 Å². The molecule has 2 aliphatic heterocycles. The average molecular weight is 384 g/mol. The molecule has 0 spiro atoms. The minimum atomic E-state index is -0.757. The first-order valence-corrected chi connectivity index (χ1v) is 10.3. The lowest BCUT2D eigenvalue weighted by atomic mass is 9.78. The van der Waals surface area contributed by atoms with E-state index < -0.39 is 5.97 Å². The van der Waals surface area contributed by atoms with Gasteiger partial charge < -0.3 is 14.7 Å². The second-order valence-corrected chi connectivity index (χ2v) is 8.27. The largest absolute Gasteiger partial charge is 0.497 e. The summed E-state index contributed by atoms with van der Waals surface area (Å²) in [7, 11) is 1.67. The van der Waals surface area contributed by atoms with E-state index in [2.05, 4.69) is 12.1 Å². The van der Waals surface area contributed by atoms with E-state index in [1.165, 1.54) is 5.56 Å². The first kappa shape index (κ1) is 19.0. The molecule has 2 fully saturated rings. The number of carbonyl (C=O) groups is 2. The van der Waals surface area contributed by atoms with E-state index in [0.717, 1.165) is 55.7 Å². The smallest absolute Gasteiger partial charge is 0.303 e. The van der Waals surface area contributed by atoms with Crippen molar-refractivity contribution in [3.63, 3.8) is 0 Å². The molecular weight excluding hydrogens is 356 g/mol. The van der Waals surface area contributed by atoms with Gasteiger partial charge in [-0.05, 0) is 73.3 Å². The molecule has 0 radical (unpaired) electrons. The summed E-state index contributed by atoms with van der Waals surface area (Å²) in [5, 5.41) is 9.35. The third-order valence-corrected chi connectivity index (χ3v) is 6.33. The zero-order valence-electron chi connectivity index (χ0n) is 16.4. The Kier molecular flexibility index (Phi) is 5.38. The highest BCUT2D eigenvalue weighted by Crippen LogP contribution is 2.36. The standard InChI is InChI=1S/C22H28N2O4/c1-28-18-4-5-19-16(10-18)6-8-23-20(19)11-17-13-24(22(27)14-2-3-14)9-7-15(17)12-21(25)26/h4-5,10,14-15,17H,2-3,6-9,11-13H2,1H3,(H,25,26). The van der Waals surface area contributed by atoms with Crippen LogP contribution in [0, 0.1) is 17.8 Å². The fraction of sp³-hybridized carbons (Fsp3) is 0.591. The van der Waals surface area contributed by atoms with Crippen LogP contribution in [0.5, 0.6) is 5.75 Å². The van der Waals surface area contributed by atoms with Gasteiger partial charge in [-0.1, -0.05) is 0 Å². The molecule has 1 aliphatic carbocycles. The van der Waals surface area contributed by atoms with Gasteiger partial charge >= 0.3 is 5.97 Å². The monoisotopic (exact) mass is 384 g/mol. The number of methoxy groups -OCH3 is 1. The summed E-state index contributed by atoms with van der Waals surface area (Å²) in [6, 6.07) is 6.09. The normalized spacial score (nSPS) is 24.3. The van der Waals surface area contributed by atoms with E-state index in [1.807, 2.05) is 11.0 Å². The molecule has 1 saturated heterocycles. The highest BCUT2D eigenvalue weighted by molar-refractivity contribution is 6.03. The Morgan fingerprint density at radius 3 is 2.79 bits per heavy atom. The van der Waals surface area contributed by atoms with Crippen molar-refractivity contribution >= 4 is 17.6 Å². The molecule has 0 aromatic heterocycles. The fourth-order valence-corrected chi connectivity index (χ4v) is 4.60. The topological polar surface area (TPSA) is 79.2 Å². The van der Waals surface area contributed by atoms with Crippen LogP contribution >= 0.6 is 0 Å². The lowest BCUT2D eigenvalue weighted by molar-refractivity contribution is -0.140. The Bertz CT molecular complexity index is 800. The lowest BCUT2D eigenvalue weighted by Crippen LogP contribution is -2.45. The van der Waals surface area contributed by atoms with Crippen LogP contribution < -0.4 is 4.74 Å². The van der Waals surface area contributed by atoms with Gasteiger partial charge in [-0.25, -0.2) is 0 Å². The van der Waals surface area contributed by atoms with E-state index in [0.29, 0.717) is 13.1 Å². The summed E-state index contributed by atoms with van der Waals surface area (Å²) in [6.45, 7) is 2.08. The molecule has 2 atom stereocenters. The van der Waals surface area contributed by atoms with Crippen molar-refractivity contribution in [2.24, 2.45) is 22.7 Å². The zero-order valence-corrected chi connectivity index (χ0v) is 16.4. The maximum Gasteiger partial charge on any atom is 0.303 e. The number of amides is 1. The molecule has 4 rings (SSSR count). The maximum atomic E-state index is 12.6. The molecule has 1 saturated carbocycles.